The number of rotatable bonds is 5. The van der Waals surface area contributed by atoms with Crippen molar-refractivity contribution in [1.29, 1.82) is 0 Å². The first-order valence-corrected chi connectivity index (χ1v) is 11.2. The molecular formula is C21H17Cl3F3NOS. The van der Waals surface area contributed by atoms with E-state index in [9.17, 15) is 18.0 Å². The summed E-state index contributed by atoms with van der Waals surface area (Å²) in [6.07, 6.45) is -2.14. The van der Waals surface area contributed by atoms with Crippen LogP contribution >= 0.6 is 46.6 Å². The first-order valence-electron chi connectivity index (χ1n) is 8.95. The van der Waals surface area contributed by atoms with Crippen molar-refractivity contribution < 1.29 is 18.0 Å². The smallest absolute Gasteiger partial charge is 0.348 e. The summed E-state index contributed by atoms with van der Waals surface area (Å²) in [6.45, 7) is 1.75. The number of halogens is 6. The number of hydrogen-bond acceptors (Lipinski definition) is 2. The van der Waals surface area contributed by atoms with E-state index < -0.39 is 12.1 Å². The number of allylic oxidation sites excluding steroid dienone is 1. The second kappa shape index (κ2) is 9.43. The lowest BCUT2D eigenvalue weighted by molar-refractivity contribution is -0.139. The van der Waals surface area contributed by atoms with Gasteiger partial charge in [0.15, 0.2) is 0 Å². The first kappa shape index (κ1) is 23.3. The van der Waals surface area contributed by atoms with E-state index in [0.717, 1.165) is 29.7 Å². The van der Waals surface area contributed by atoms with Gasteiger partial charge in [-0.2, -0.15) is 24.9 Å². The molecule has 2 aromatic carbocycles. The van der Waals surface area contributed by atoms with Crippen molar-refractivity contribution >= 4 is 58.5 Å². The Morgan fingerprint density at radius 3 is 2.30 bits per heavy atom. The molecule has 30 heavy (non-hydrogen) atoms. The van der Waals surface area contributed by atoms with Crippen molar-refractivity contribution in [2.75, 3.05) is 11.5 Å². The van der Waals surface area contributed by atoms with Crippen LogP contribution in [0.2, 0.25) is 15.1 Å². The Hall–Kier alpha value is -1.34. The van der Waals surface area contributed by atoms with Crippen LogP contribution in [0.3, 0.4) is 0 Å². The molecule has 0 spiro atoms. The van der Waals surface area contributed by atoms with Gasteiger partial charge >= 0.3 is 6.18 Å². The van der Waals surface area contributed by atoms with Gasteiger partial charge in [0.25, 0.3) is 5.91 Å². The van der Waals surface area contributed by atoms with Gasteiger partial charge in [-0.3, -0.25) is 4.79 Å². The Morgan fingerprint density at radius 2 is 1.80 bits per heavy atom. The SMILES string of the molecule is Cc1cc(C=CC(c2cc(Cl)c(Cl)c(Cl)c2)C(F)(F)F)ccc1C(=O)NC1CSC1. The van der Waals surface area contributed by atoms with Crippen molar-refractivity contribution in [3.8, 4) is 0 Å². The highest BCUT2D eigenvalue weighted by Crippen LogP contribution is 2.41. The van der Waals surface area contributed by atoms with Crippen molar-refractivity contribution in [3.05, 3.63) is 73.7 Å². The standard InChI is InChI=1S/C21H17Cl3F3NOS/c1-11-6-12(2-4-15(11)20(29)28-14-9-30-10-14)3-5-16(21(25,26)27)13-7-17(22)19(24)18(23)8-13/h2-8,14,16H,9-10H2,1H3,(H,28,29). The highest BCUT2D eigenvalue weighted by molar-refractivity contribution is 8.00. The third-order valence-electron chi connectivity index (χ3n) is 4.67. The van der Waals surface area contributed by atoms with Crippen LogP contribution in [0.4, 0.5) is 13.2 Å². The lowest BCUT2D eigenvalue weighted by Gasteiger charge is -2.26. The van der Waals surface area contributed by atoms with E-state index in [-0.39, 0.29) is 32.6 Å². The maximum absolute atomic E-state index is 13.7. The molecule has 1 unspecified atom stereocenters. The summed E-state index contributed by atoms with van der Waals surface area (Å²) < 4.78 is 41.0. The molecule has 1 saturated heterocycles. The molecule has 1 N–H and O–H groups in total. The fourth-order valence-electron chi connectivity index (χ4n) is 3.00. The summed E-state index contributed by atoms with van der Waals surface area (Å²) in [5, 5.41) is 2.86. The van der Waals surface area contributed by atoms with Crippen molar-refractivity contribution in [3.63, 3.8) is 0 Å². The van der Waals surface area contributed by atoms with Crippen molar-refractivity contribution in [2.45, 2.75) is 25.1 Å². The second-order valence-corrected chi connectivity index (χ2v) is 9.23. The molecule has 3 rings (SSSR count). The first-order chi connectivity index (χ1) is 14.1. The highest BCUT2D eigenvalue weighted by Gasteiger charge is 2.39. The Morgan fingerprint density at radius 1 is 1.17 bits per heavy atom. The summed E-state index contributed by atoms with van der Waals surface area (Å²) in [5.41, 5.74) is 1.63. The minimum atomic E-state index is -4.55. The van der Waals surface area contributed by atoms with Crippen molar-refractivity contribution in [1.82, 2.24) is 5.32 Å². The van der Waals surface area contributed by atoms with E-state index in [4.69, 9.17) is 34.8 Å². The molecular weight excluding hydrogens is 478 g/mol. The molecule has 1 aliphatic heterocycles. The van der Waals surface area contributed by atoms with Crippen LogP contribution in [0.1, 0.15) is 33.0 Å². The van der Waals surface area contributed by atoms with Gasteiger partial charge in [0.05, 0.1) is 21.0 Å². The molecule has 0 bridgehead atoms. The summed E-state index contributed by atoms with van der Waals surface area (Å²) >= 11 is 19.4. The maximum atomic E-state index is 13.7. The molecule has 1 amide bonds. The molecule has 1 atom stereocenters. The highest BCUT2D eigenvalue weighted by atomic mass is 35.5. The van der Waals surface area contributed by atoms with Gasteiger partial charge in [0.2, 0.25) is 0 Å². The summed E-state index contributed by atoms with van der Waals surface area (Å²) in [4.78, 5) is 12.3. The van der Waals surface area contributed by atoms with Gasteiger partial charge in [0.1, 0.15) is 0 Å². The van der Waals surface area contributed by atoms with Crippen LogP contribution in [0, 0.1) is 6.92 Å². The van der Waals surface area contributed by atoms with Crippen LogP contribution in [0.15, 0.2) is 36.4 Å². The number of aryl methyl sites for hydroxylation is 1. The third-order valence-corrected chi connectivity index (χ3v) is 7.14. The summed E-state index contributed by atoms with van der Waals surface area (Å²) in [6, 6.07) is 7.41. The molecule has 1 heterocycles. The molecule has 0 radical (unpaired) electrons. The van der Waals surface area contributed by atoms with Crippen LogP contribution in [0.25, 0.3) is 6.08 Å². The van der Waals surface area contributed by atoms with Gasteiger partial charge in [-0.25, -0.2) is 0 Å². The molecule has 160 valence electrons. The molecule has 2 nitrogen and oxygen atoms in total. The molecule has 1 fully saturated rings. The fourth-order valence-corrected chi connectivity index (χ4v) is 4.25. The minimum absolute atomic E-state index is 0.0111. The van der Waals surface area contributed by atoms with E-state index in [2.05, 4.69) is 5.32 Å². The molecule has 1 aliphatic rings. The number of carbonyl (C=O) groups is 1. The van der Waals surface area contributed by atoms with Crippen LogP contribution in [0.5, 0.6) is 0 Å². The summed E-state index contributed by atoms with van der Waals surface area (Å²) in [5.74, 6) is -0.303. The van der Waals surface area contributed by atoms with Gasteiger partial charge in [-0.05, 0) is 41.8 Å². The number of amides is 1. The zero-order chi connectivity index (χ0) is 22.1. The zero-order valence-corrected chi connectivity index (χ0v) is 18.8. The molecule has 0 aromatic heterocycles. The van der Waals surface area contributed by atoms with Crippen molar-refractivity contribution in [2.24, 2.45) is 0 Å². The fraction of sp³-hybridized carbons (Fsp3) is 0.286. The van der Waals surface area contributed by atoms with E-state index in [1.165, 1.54) is 6.08 Å². The van der Waals surface area contributed by atoms with Gasteiger partial charge in [-0.15, -0.1) is 0 Å². The number of benzene rings is 2. The third kappa shape index (κ3) is 5.47. The predicted octanol–water partition coefficient (Wildman–Crippen LogP) is 7.16. The zero-order valence-electron chi connectivity index (χ0n) is 15.7. The van der Waals surface area contributed by atoms with E-state index in [1.807, 2.05) is 0 Å². The Bertz CT molecular complexity index is 967. The van der Waals surface area contributed by atoms with Gasteiger partial charge in [0, 0.05) is 23.1 Å². The molecule has 2 aromatic rings. The average Bonchev–Trinajstić information content (AvgIpc) is 2.61. The Balaban J connectivity index is 1.84. The quantitative estimate of drug-likeness (QED) is 0.447. The van der Waals surface area contributed by atoms with E-state index in [0.29, 0.717) is 16.7 Å². The number of thioether (sulfide) groups is 1. The lowest BCUT2D eigenvalue weighted by Crippen LogP contribution is -2.44. The second-order valence-electron chi connectivity index (χ2n) is 6.96. The van der Waals surface area contributed by atoms with E-state index >= 15 is 0 Å². The number of alkyl halides is 3. The van der Waals surface area contributed by atoms with Gasteiger partial charge < -0.3 is 5.32 Å². The minimum Gasteiger partial charge on any atom is -0.348 e. The van der Waals surface area contributed by atoms with E-state index in [1.54, 1.807) is 36.9 Å². The molecule has 9 heteroatoms. The van der Waals surface area contributed by atoms with Crippen LogP contribution in [-0.4, -0.2) is 29.6 Å². The van der Waals surface area contributed by atoms with Crippen LogP contribution in [-0.2, 0) is 0 Å². The topological polar surface area (TPSA) is 29.1 Å². The largest absolute Gasteiger partial charge is 0.399 e. The lowest BCUT2D eigenvalue weighted by atomic mass is 9.96. The average molecular weight is 495 g/mol. The molecule has 0 aliphatic carbocycles. The van der Waals surface area contributed by atoms with Crippen LogP contribution < -0.4 is 5.32 Å². The Labute approximate surface area is 191 Å². The maximum Gasteiger partial charge on any atom is 0.399 e. The van der Waals surface area contributed by atoms with Gasteiger partial charge in [-0.1, -0.05) is 59.1 Å². The number of carbonyl (C=O) groups excluding carboxylic acids is 1. The normalized spacial score (nSPS) is 15.8. The summed E-state index contributed by atoms with van der Waals surface area (Å²) in [7, 11) is 0. The number of hydrogen-bond donors (Lipinski definition) is 1. The predicted molar refractivity (Wildman–Crippen MR) is 119 cm³/mol. The molecule has 0 saturated carbocycles. The Kier molecular flexibility index (Phi) is 7.33. The number of nitrogens with one attached hydrogen (secondary N) is 1. The monoisotopic (exact) mass is 493 g/mol.